The standard InChI is InChI=1S/C12H15FO4/c1-4-17-12(15)10(14)9-7(2)5-6-8(13)11(9)16-3/h5-6,10,14H,4H2,1-3H3. The summed E-state index contributed by atoms with van der Waals surface area (Å²) >= 11 is 0. The van der Waals surface area contributed by atoms with Crippen molar-refractivity contribution in [1.29, 1.82) is 0 Å². The summed E-state index contributed by atoms with van der Waals surface area (Å²) in [6, 6.07) is 2.69. The number of aliphatic hydroxyl groups excluding tert-OH is 1. The maximum absolute atomic E-state index is 13.5. The Labute approximate surface area is 99.0 Å². The van der Waals surface area contributed by atoms with Crippen LogP contribution in [-0.4, -0.2) is 24.8 Å². The Hall–Kier alpha value is -1.62. The summed E-state index contributed by atoms with van der Waals surface area (Å²) in [6.07, 6.45) is -1.54. The van der Waals surface area contributed by atoms with E-state index in [0.717, 1.165) is 0 Å². The number of carbonyl (C=O) groups excluding carboxylic acids is 1. The van der Waals surface area contributed by atoms with Gasteiger partial charge in [-0.25, -0.2) is 9.18 Å². The van der Waals surface area contributed by atoms with Crippen molar-refractivity contribution in [3.8, 4) is 5.75 Å². The van der Waals surface area contributed by atoms with Gasteiger partial charge in [-0.2, -0.15) is 0 Å². The van der Waals surface area contributed by atoms with Gasteiger partial charge in [0.15, 0.2) is 17.7 Å². The van der Waals surface area contributed by atoms with Crippen LogP contribution < -0.4 is 4.74 Å². The third-order valence-electron chi connectivity index (χ3n) is 2.35. The lowest BCUT2D eigenvalue weighted by Gasteiger charge is -2.16. The topological polar surface area (TPSA) is 55.8 Å². The summed E-state index contributed by atoms with van der Waals surface area (Å²) in [5, 5.41) is 9.82. The van der Waals surface area contributed by atoms with Crippen molar-refractivity contribution in [2.24, 2.45) is 0 Å². The number of aliphatic hydroxyl groups is 1. The number of hydrogen-bond acceptors (Lipinski definition) is 4. The molecule has 0 saturated carbocycles. The molecule has 0 aliphatic rings. The number of rotatable bonds is 4. The number of methoxy groups -OCH3 is 1. The highest BCUT2D eigenvalue weighted by Crippen LogP contribution is 2.31. The van der Waals surface area contributed by atoms with Gasteiger partial charge in [-0.1, -0.05) is 6.07 Å². The van der Waals surface area contributed by atoms with Crippen LogP contribution in [0.1, 0.15) is 24.2 Å². The Morgan fingerprint density at radius 1 is 1.53 bits per heavy atom. The SMILES string of the molecule is CCOC(=O)C(O)c1c(C)ccc(F)c1OC. The molecule has 1 aromatic rings. The molecule has 0 bridgehead atoms. The highest BCUT2D eigenvalue weighted by Gasteiger charge is 2.26. The second-order valence-electron chi connectivity index (χ2n) is 3.47. The summed E-state index contributed by atoms with van der Waals surface area (Å²) in [6.45, 7) is 3.42. The number of hydrogen-bond donors (Lipinski definition) is 1. The van der Waals surface area contributed by atoms with E-state index in [1.54, 1.807) is 13.8 Å². The number of esters is 1. The molecule has 94 valence electrons. The van der Waals surface area contributed by atoms with Gasteiger partial charge < -0.3 is 14.6 Å². The summed E-state index contributed by atoms with van der Waals surface area (Å²) in [7, 11) is 1.28. The monoisotopic (exact) mass is 242 g/mol. The molecule has 0 amide bonds. The minimum atomic E-state index is -1.54. The van der Waals surface area contributed by atoms with Crippen LogP contribution >= 0.6 is 0 Å². The molecule has 5 heteroatoms. The maximum Gasteiger partial charge on any atom is 0.339 e. The van der Waals surface area contributed by atoms with Crippen molar-refractivity contribution in [3.05, 3.63) is 29.1 Å². The Balaban J connectivity index is 3.20. The van der Waals surface area contributed by atoms with Gasteiger partial charge >= 0.3 is 5.97 Å². The predicted octanol–water partition coefficient (Wildman–Crippen LogP) is 1.74. The fourth-order valence-corrected chi connectivity index (χ4v) is 1.56. The molecule has 1 unspecified atom stereocenters. The van der Waals surface area contributed by atoms with Gasteiger partial charge in [0.1, 0.15) is 0 Å². The van der Waals surface area contributed by atoms with Crippen LogP contribution in [0.4, 0.5) is 4.39 Å². The van der Waals surface area contributed by atoms with E-state index in [4.69, 9.17) is 4.74 Å². The first-order valence-electron chi connectivity index (χ1n) is 5.20. The Morgan fingerprint density at radius 3 is 2.71 bits per heavy atom. The van der Waals surface area contributed by atoms with Gasteiger partial charge in [-0.15, -0.1) is 0 Å². The lowest BCUT2D eigenvalue weighted by atomic mass is 10.0. The van der Waals surface area contributed by atoms with Crippen molar-refractivity contribution in [3.63, 3.8) is 0 Å². The average molecular weight is 242 g/mol. The molecule has 4 nitrogen and oxygen atoms in total. The van der Waals surface area contributed by atoms with Gasteiger partial charge in [-0.3, -0.25) is 0 Å². The summed E-state index contributed by atoms with van der Waals surface area (Å²) < 4.78 is 23.0. The van der Waals surface area contributed by atoms with E-state index in [1.165, 1.54) is 19.2 Å². The van der Waals surface area contributed by atoms with Gasteiger partial charge in [0.05, 0.1) is 13.7 Å². The number of halogens is 1. The van der Waals surface area contributed by atoms with E-state index < -0.39 is 17.9 Å². The fraction of sp³-hybridized carbons (Fsp3) is 0.417. The van der Waals surface area contributed by atoms with Crippen molar-refractivity contribution >= 4 is 5.97 Å². The molecule has 0 radical (unpaired) electrons. The van der Waals surface area contributed by atoms with Gasteiger partial charge in [0.2, 0.25) is 0 Å². The predicted molar refractivity (Wildman–Crippen MR) is 59.3 cm³/mol. The molecule has 1 aromatic carbocycles. The second-order valence-corrected chi connectivity index (χ2v) is 3.47. The minimum Gasteiger partial charge on any atom is -0.493 e. The fourth-order valence-electron chi connectivity index (χ4n) is 1.56. The zero-order chi connectivity index (χ0) is 13.0. The smallest absolute Gasteiger partial charge is 0.339 e. The van der Waals surface area contributed by atoms with Crippen molar-refractivity contribution in [2.75, 3.05) is 13.7 Å². The zero-order valence-corrected chi connectivity index (χ0v) is 9.99. The van der Waals surface area contributed by atoms with Crippen molar-refractivity contribution in [2.45, 2.75) is 20.0 Å². The average Bonchev–Trinajstić information content (AvgIpc) is 2.31. The van der Waals surface area contributed by atoms with Crippen LogP contribution in [0.5, 0.6) is 5.75 Å². The van der Waals surface area contributed by atoms with Crippen LogP contribution in [0, 0.1) is 12.7 Å². The maximum atomic E-state index is 13.5. The second kappa shape index (κ2) is 5.63. The van der Waals surface area contributed by atoms with Crippen LogP contribution in [0.3, 0.4) is 0 Å². The minimum absolute atomic E-state index is 0.103. The Morgan fingerprint density at radius 2 is 2.18 bits per heavy atom. The zero-order valence-electron chi connectivity index (χ0n) is 9.99. The summed E-state index contributed by atoms with van der Waals surface area (Å²) in [5.74, 6) is -1.58. The van der Waals surface area contributed by atoms with Crippen molar-refractivity contribution < 1.29 is 23.8 Å². The van der Waals surface area contributed by atoms with Crippen LogP contribution in [-0.2, 0) is 9.53 Å². The van der Waals surface area contributed by atoms with E-state index in [-0.39, 0.29) is 17.9 Å². The van der Waals surface area contributed by atoms with Crippen LogP contribution in [0.25, 0.3) is 0 Å². The highest BCUT2D eigenvalue weighted by atomic mass is 19.1. The molecular weight excluding hydrogens is 227 g/mol. The number of ether oxygens (including phenoxy) is 2. The van der Waals surface area contributed by atoms with Gasteiger partial charge in [-0.05, 0) is 25.5 Å². The normalized spacial score (nSPS) is 12.1. The molecular formula is C12H15FO4. The van der Waals surface area contributed by atoms with E-state index in [0.29, 0.717) is 5.56 Å². The van der Waals surface area contributed by atoms with E-state index in [1.807, 2.05) is 0 Å². The number of benzene rings is 1. The first-order valence-corrected chi connectivity index (χ1v) is 5.20. The number of carbonyl (C=O) groups is 1. The lowest BCUT2D eigenvalue weighted by molar-refractivity contribution is -0.153. The molecule has 1 N–H and O–H groups in total. The molecule has 1 atom stereocenters. The largest absolute Gasteiger partial charge is 0.493 e. The molecule has 0 aromatic heterocycles. The third kappa shape index (κ3) is 2.74. The lowest BCUT2D eigenvalue weighted by Crippen LogP contribution is -2.17. The third-order valence-corrected chi connectivity index (χ3v) is 2.35. The molecule has 1 rings (SSSR count). The van der Waals surface area contributed by atoms with E-state index in [9.17, 15) is 14.3 Å². The van der Waals surface area contributed by atoms with E-state index in [2.05, 4.69) is 4.74 Å². The van der Waals surface area contributed by atoms with E-state index >= 15 is 0 Å². The van der Waals surface area contributed by atoms with Crippen LogP contribution in [0.2, 0.25) is 0 Å². The molecule has 0 heterocycles. The number of aryl methyl sites for hydroxylation is 1. The molecule has 17 heavy (non-hydrogen) atoms. The first-order chi connectivity index (χ1) is 8.02. The highest BCUT2D eigenvalue weighted by molar-refractivity contribution is 5.78. The summed E-state index contributed by atoms with van der Waals surface area (Å²) in [4.78, 5) is 11.4. The van der Waals surface area contributed by atoms with Gasteiger partial charge in [0, 0.05) is 5.56 Å². The Bertz CT molecular complexity index is 417. The van der Waals surface area contributed by atoms with Crippen molar-refractivity contribution in [1.82, 2.24) is 0 Å². The Kier molecular flexibility index (Phi) is 4.45. The molecule has 0 aliphatic heterocycles. The molecule has 0 saturated heterocycles. The molecule has 0 fully saturated rings. The first kappa shape index (κ1) is 13.4. The summed E-state index contributed by atoms with van der Waals surface area (Å²) in [5.41, 5.74) is 0.662. The molecule has 0 spiro atoms. The molecule has 0 aliphatic carbocycles. The van der Waals surface area contributed by atoms with Gasteiger partial charge in [0.25, 0.3) is 0 Å². The van der Waals surface area contributed by atoms with Crippen LogP contribution in [0.15, 0.2) is 12.1 Å². The quantitative estimate of drug-likeness (QED) is 0.817.